The molecule has 0 bridgehead atoms. The van der Waals surface area contributed by atoms with Gasteiger partial charge in [0.05, 0.1) is 15.2 Å². The van der Waals surface area contributed by atoms with Gasteiger partial charge < -0.3 is 5.11 Å². The predicted molar refractivity (Wildman–Crippen MR) is 66.5 cm³/mol. The molecule has 17 heavy (non-hydrogen) atoms. The van der Waals surface area contributed by atoms with Gasteiger partial charge in [0.1, 0.15) is 0 Å². The molecule has 94 valence electrons. The van der Waals surface area contributed by atoms with E-state index in [2.05, 4.69) is 0 Å². The Morgan fingerprint density at radius 2 is 1.76 bits per heavy atom. The van der Waals surface area contributed by atoms with Gasteiger partial charge in [-0.05, 0) is 38.3 Å². The Bertz CT molecular complexity index is 499. The van der Waals surface area contributed by atoms with Crippen LogP contribution in [0.5, 0.6) is 0 Å². The highest BCUT2D eigenvalue weighted by Gasteiger charge is 2.57. The summed E-state index contributed by atoms with van der Waals surface area (Å²) >= 11 is 0. The maximum absolute atomic E-state index is 12.4. The van der Waals surface area contributed by atoms with E-state index in [4.69, 9.17) is 0 Å². The number of aliphatic hydroxyl groups is 1. The van der Waals surface area contributed by atoms with Crippen molar-refractivity contribution in [1.29, 1.82) is 0 Å². The van der Waals surface area contributed by atoms with Crippen LogP contribution in [0.3, 0.4) is 0 Å². The van der Waals surface area contributed by atoms with E-state index in [9.17, 15) is 13.5 Å². The van der Waals surface area contributed by atoms with E-state index in [1.165, 1.54) is 0 Å². The Morgan fingerprint density at radius 3 is 2.24 bits per heavy atom. The summed E-state index contributed by atoms with van der Waals surface area (Å²) in [6.07, 6.45) is 1.26. The molecule has 1 aromatic rings. The molecule has 0 aromatic heterocycles. The lowest BCUT2D eigenvalue weighted by atomic mass is 9.70. The van der Waals surface area contributed by atoms with Crippen molar-refractivity contribution in [3.8, 4) is 0 Å². The Labute approximate surface area is 102 Å². The van der Waals surface area contributed by atoms with Crippen molar-refractivity contribution in [2.24, 2.45) is 0 Å². The minimum atomic E-state index is -3.34. The van der Waals surface area contributed by atoms with E-state index in [1.807, 2.05) is 6.92 Å². The average molecular weight is 254 g/mol. The number of benzene rings is 1. The fourth-order valence-electron chi connectivity index (χ4n) is 2.66. The van der Waals surface area contributed by atoms with Crippen molar-refractivity contribution < 1.29 is 13.5 Å². The van der Waals surface area contributed by atoms with Crippen LogP contribution in [-0.2, 0) is 9.84 Å². The van der Waals surface area contributed by atoms with Crippen molar-refractivity contribution in [3.05, 3.63) is 30.3 Å². The van der Waals surface area contributed by atoms with Gasteiger partial charge in [-0.3, -0.25) is 0 Å². The summed E-state index contributed by atoms with van der Waals surface area (Å²) in [5, 5.41) is 10.0. The van der Waals surface area contributed by atoms with Crippen LogP contribution in [0.25, 0.3) is 0 Å². The SMILES string of the molecule is CCC1(O)CC(C)(S(=O)(=O)c2ccccc2)C1. The molecule has 0 saturated heterocycles. The van der Waals surface area contributed by atoms with Crippen LogP contribution in [0.1, 0.15) is 33.1 Å². The van der Waals surface area contributed by atoms with Crippen LogP contribution in [0.2, 0.25) is 0 Å². The largest absolute Gasteiger partial charge is 0.390 e. The summed E-state index contributed by atoms with van der Waals surface area (Å²) in [5.74, 6) is 0. The molecule has 1 saturated carbocycles. The minimum Gasteiger partial charge on any atom is -0.390 e. The smallest absolute Gasteiger partial charge is 0.184 e. The highest BCUT2D eigenvalue weighted by atomic mass is 32.2. The first-order chi connectivity index (χ1) is 7.83. The van der Waals surface area contributed by atoms with E-state index in [1.54, 1.807) is 37.3 Å². The van der Waals surface area contributed by atoms with Gasteiger partial charge in [-0.2, -0.15) is 0 Å². The lowest BCUT2D eigenvalue weighted by Gasteiger charge is -2.50. The molecule has 1 aromatic carbocycles. The molecule has 0 heterocycles. The second kappa shape index (κ2) is 3.82. The monoisotopic (exact) mass is 254 g/mol. The molecular weight excluding hydrogens is 236 g/mol. The summed E-state index contributed by atoms with van der Waals surface area (Å²) in [6, 6.07) is 8.47. The van der Waals surface area contributed by atoms with Crippen molar-refractivity contribution in [2.45, 2.75) is 48.4 Å². The summed E-state index contributed by atoms with van der Waals surface area (Å²) in [7, 11) is -3.34. The number of hydrogen-bond donors (Lipinski definition) is 1. The van der Waals surface area contributed by atoms with Gasteiger partial charge in [-0.15, -0.1) is 0 Å². The molecule has 4 heteroatoms. The van der Waals surface area contributed by atoms with Crippen LogP contribution in [0, 0.1) is 0 Å². The molecular formula is C13H18O3S. The maximum atomic E-state index is 12.4. The van der Waals surface area contributed by atoms with Crippen molar-refractivity contribution in [2.75, 3.05) is 0 Å². The Hall–Kier alpha value is -0.870. The molecule has 0 amide bonds. The first-order valence-corrected chi connectivity index (χ1v) is 7.33. The zero-order valence-corrected chi connectivity index (χ0v) is 11.0. The summed E-state index contributed by atoms with van der Waals surface area (Å²) in [5.41, 5.74) is -0.795. The minimum absolute atomic E-state index is 0.327. The Balaban J connectivity index is 2.31. The first kappa shape index (κ1) is 12.6. The van der Waals surface area contributed by atoms with Gasteiger partial charge in [0.2, 0.25) is 0 Å². The second-order valence-electron chi connectivity index (χ2n) is 5.20. The molecule has 0 spiro atoms. The van der Waals surface area contributed by atoms with Crippen molar-refractivity contribution >= 4 is 9.84 Å². The van der Waals surface area contributed by atoms with Crippen LogP contribution in [0.4, 0.5) is 0 Å². The van der Waals surface area contributed by atoms with Gasteiger partial charge in [0.15, 0.2) is 9.84 Å². The molecule has 1 aliphatic rings. The van der Waals surface area contributed by atoms with E-state index < -0.39 is 20.2 Å². The van der Waals surface area contributed by atoms with Gasteiger partial charge in [-0.25, -0.2) is 8.42 Å². The van der Waals surface area contributed by atoms with Crippen LogP contribution in [-0.4, -0.2) is 23.9 Å². The number of sulfone groups is 1. The second-order valence-corrected chi connectivity index (χ2v) is 7.66. The first-order valence-electron chi connectivity index (χ1n) is 5.85. The van der Waals surface area contributed by atoms with Gasteiger partial charge in [-0.1, -0.05) is 25.1 Å². The molecule has 2 rings (SSSR count). The maximum Gasteiger partial charge on any atom is 0.184 e. The summed E-state index contributed by atoms with van der Waals surface area (Å²) in [6.45, 7) is 3.61. The van der Waals surface area contributed by atoms with Crippen LogP contribution < -0.4 is 0 Å². The zero-order valence-electron chi connectivity index (χ0n) is 10.2. The van der Waals surface area contributed by atoms with E-state index in [0.29, 0.717) is 24.2 Å². The lowest BCUT2D eigenvalue weighted by Crippen LogP contribution is -2.58. The van der Waals surface area contributed by atoms with Crippen LogP contribution in [0.15, 0.2) is 35.2 Å². The lowest BCUT2D eigenvalue weighted by molar-refractivity contribution is -0.0590. The highest BCUT2D eigenvalue weighted by Crippen LogP contribution is 2.50. The third-order valence-corrected chi connectivity index (χ3v) is 6.25. The molecule has 3 nitrogen and oxygen atoms in total. The number of hydrogen-bond acceptors (Lipinski definition) is 3. The third kappa shape index (κ3) is 1.89. The Morgan fingerprint density at radius 1 is 1.24 bits per heavy atom. The van der Waals surface area contributed by atoms with E-state index in [0.717, 1.165) is 0 Å². The Kier molecular flexibility index (Phi) is 2.83. The fraction of sp³-hybridized carbons (Fsp3) is 0.538. The van der Waals surface area contributed by atoms with Gasteiger partial charge >= 0.3 is 0 Å². The fourth-order valence-corrected chi connectivity index (χ4v) is 4.67. The topological polar surface area (TPSA) is 54.4 Å². The molecule has 1 fully saturated rings. The zero-order chi connectivity index (χ0) is 12.7. The molecule has 0 aliphatic heterocycles. The number of rotatable bonds is 3. The van der Waals surface area contributed by atoms with E-state index >= 15 is 0 Å². The average Bonchev–Trinajstić information content (AvgIpc) is 2.28. The quantitative estimate of drug-likeness (QED) is 0.899. The van der Waals surface area contributed by atoms with Gasteiger partial charge in [0, 0.05) is 0 Å². The normalized spacial score (nSPS) is 33.1. The van der Waals surface area contributed by atoms with Crippen molar-refractivity contribution in [3.63, 3.8) is 0 Å². The molecule has 0 radical (unpaired) electrons. The highest BCUT2D eigenvalue weighted by molar-refractivity contribution is 7.92. The molecule has 1 aliphatic carbocycles. The van der Waals surface area contributed by atoms with E-state index in [-0.39, 0.29) is 0 Å². The molecule has 0 atom stereocenters. The predicted octanol–water partition coefficient (Wildman–Crippen LogP) is 2.15. The molecule has 0 unspecified atom stereocenters. The van der Waals surface area contributed by atoms with Crippen LogP contribution >= 0.6 is 0 Å². The van der Waals surface area contributed by atoms with Crippen molar-refractivity contribution in [1.82, 2.24) is 0 Å². The standard InChI is InChI=1S/C13H18O3S/c1-3-13(14)9-12(2,10-13)17(15,16)11-7-5-4-6-8-11/h4-8,14H,3,9-10H2,1-2H3. The van der Waals surface area contributed by atoms with Gasteiger partial charge in [0.25, 0.3) is 0 Å². The molecule has 1 N–H and O–H groups in total. The summed E-state index contributed by atoms with van der Waals surface area (Å²) < 4.78 is 24.0. The third-order valence-electron chi connectivity index (χ3n) is 3.77. The summed E-state index contributed by atoms with van der Waals surface area (Å²) in [4.78, 5) is 0.348.